The summed E-state index contributed by atoms with van der Waals surface area (Å²) in [6.07, 6.45) is 5.41. The minimum atomic E-state index is 0.669. The van der Waals surface area contributed by atoms with E-state index in [2.05, 4.69) is 22.0 Å². The highest BCUT2D eigenvalue weighted by atomic mass is 35.5. The Labute approximate surface area is 178 Å². The van der Waals surface area contributed by atoms with Gasteiger partial charge in [-0.25, -0.2) is 0 Å². The molecule has 152 valence electrons. The number of anilines is 1. The van der Waals surface area contributed by atoms with Crippen LogP contribution in [0.1, 0.15) is 37.5 Å². The van der Waals surface area contributed by atoms with Crippen LogP contribution in [0.5, 0.6) is 0 Å². The molecule has 1 aliphatic rings. The van der Waals surface area contributed by atoms with Crippen molar-refractivity contribution in [2.45, 2.75) is 39.7 Å². The summed E-state index contributed by atoms with van der Waals surface area (Å²) in [6, 6.07) is 9.79. The molecule has 1 aliphatic heterocycles. The zero-order chi connectivity index (χ0) is 19.9. The topological polar surface area (TPSA) is 31.6 Å². The highest BCUT2D eigenvalue weighted by Crippen LogP contribution is 2.20. The summed E-state index contributed by atoms with van der Waals surface area (Å²) in [5.74, 6) is 1.79. The van der Waals surface area contributed by atoms with E-state index >= 15 is 0 Å². The SMILES string of the molecule is Cc1cc(NC(=S)N(CCCN2CCC(C)CC2)Cc2ccco2)ccc1Cl. The molecule has 0 aliphatic carbocycles. The second-order valence-electron chi connectivity index (χ2n) is 7.77. The summed E-state index contributed by atoms with van der Waals surface area (Å²) in [7, 11) is 0. The Morgan fingerprint density at radius 2 is 2.11 bits per heavy atom. The lowest BCUT2D eigenvalue weighted by atomic mass is 9.99. The molecule has 4 nitrogen and oxygen atoms in total. The first kappa shape index (κ1) is 21.2. The zero-order valence-electron chi connectivity index (χ0n) is 16.8. The first-order valence-electron chi connectivity index (χ1n) is 10.1. The highest BCUT2D eigenvalue weighted by molar-refractivity contribution is 7.80. The highest BCUT2D eigenvalue weighted by Gasteiger charge is 2.17. The average molecular weight is 420 g/mol. The van der Waals surface area contributed by atoms with E-state index in [1.807, 2.05) is 37.3 Å². The number of aryl methyl sites for hydroxylation is 1. The van der Waals surface area contributed by atoms with Crippen LogP contribution in [0, 0.1) is 12.8 Å². The maximum Gasteiger partial charge on any atom is 0.173 e. The molecule has 0 amide bonds. The van der Waals surface area contributed by atoms with Crippen molar-refractivity contribution in [2.75, 3.05) is 31.5 Å². The molecule has 0 bridgehead atoms. The predicted octanol–water partition coefficient (Wildman–Crippen LogP) is 5.56. The first-order valence-corrected chi connectivity index (χ1v) is 10.9. The molecule has 0 radical (unpaired) electrons. The van der Waals surface area contributed by atoms with E-state index < -0.39 is 0 Å². The van der Waals surface area contributed by atoms with E-state index in [0.29, 0.717) is 11.7 Å². The van der Waals surface area contributed by atoms with Crippen LogP contribution in [-0.2, 0) is 6.54 Å². The lowest BCUT2D eigenvalue weighted by Gasteiger charge is -2.31. The van der Waals surface area contributed by atoms with Crippen molar-refractivity contribution in [3.05, 3.63) is 52.9 Å². The van der Waals surface area contributed by atoms with Gasteiger partial charge in [0.25, 0.3) is 0 Å². The van der Waals surface area contributed by atoms with Crippen molar-refractivity contribution < 1.29 is 4.42 Å². The minimum Gasteiger partial charge on any atom is -0.467 e. The number of furan rings is 1. The van der Waals surface area contributed by atoms with Crippen molar-refractivity contribution in [3.63, 3.8) is 0 Å². The Morgan fingerprint density at radius 1 is 1.32 bits per heavy atom. The molecule has 1 aromatic carbocycles. The summed E-state index contributed by atoms with van der Waals surface area (Å²) in [6.45, 7) is 9.46. The van der Waals surface area contributed by atoms with E-state index in [1.54, 1.807) is 6.26 Å². The summed E-state index contributed by atoms with van der Waals surface area (Å²) in [4.78, 5) is 4.76. The quantitative estimate of drug-likeness (QED) is 0.593. The number of benzene rings is 1. The second-order valence-corrected chi connectivity index (χ2v) is 8.57. The molecule has 0 atom stereocenters. The van der Waals surface area contributed by atoms with Crippen LogP contribution in [0.25, 0.3) is 0 Å². The molecule has 3 rings (SSSR count). The Bertz CT molecular complexity index is 757. The third kappa shape index (κ3) is 6.23. The van der Waals surface area contributed by atoms with E-state index in [4.69, 9.17) is 28.2 Å². The standard InChI is InChI=1S/C22H30ClN3OS/c1-17-8-12-25(13-9-17)10-4-11-26(16-20-5-3-14-27-20)22(28)24-19-6-7-21(23)18(2)15-19/h3,5-7,14-15,17H,4,8-13,16H2,1-2H3,(H,24,28). The smallest absolute Gasteiger partial charge is 0.173 e. The van der Waals surface area contributed by atoms with Crippen LogP contribution in [0.3, 0.4) is 0 Å². The summed E-state index contributed by atoms with van der Waals surface area (Å²) in [5.41, 5.74) is 1.99. The molecule has 0 spiro atoms. The molecule has 0 unspecified atom stereocenters. The number of rotatable bonds is 7. The summed E-state index contributed by atoms with van der Waals surface area (Å²) < 4.78 is 5.55. The lowest BCUT2D eigenvalue weighted by Crippen LogP contribution is -2.38. The van der Waals surface area contributed by atoms with Crippen molar-refractivity contribution in [1.29, 1.82) is 0 Å². The molecule has 6 heteroatoms. The Balaban J connectivity index is 1.57. The fourth-order valence-electron chi connectivity index (χ4n) is 3.54. The Morgan fingerprint density at radius 3 is 2.79 bits per heavy atom. The molecular formula is C22H30ClN3OS. The van der Waals surface area contributed by atoms with Crippen LogP contribution in [0.4, 0.5) is 5.69 Å². The molecule has 1 N–H and O–H groups in total. The molecule has 1 saturated heterocycles. The second kappa shape index (κ2) is 10.3. The van der Waals surface area contributed by atoms with Gasteiger partial charge in [0.2, 0.25) is 0 Å². The average Bonchev–Trinajstić information content (AvgIpc) is 3.18. The van der Waals surface area contributed by atoms with Gasteiger partial charge in [0.1, 0.15) is 5.76 Å². The molecule has 28 heavy (non-hydrogen) atoms. The van der Waals surface area contributed by atoms with E-state index in [9.17, 15) is 0 Å². The van der Waals surface area contributed by atoms with Gasteiger partial charge in [-0.2, -0.15) is 0 Å². The number of piperidine rings is 1. The number of nitrogens with one attached hydrogen (secondary N) is 1. The number of thiocarbonyl (C=S) groups is 1. The summed E-state index contributed by atoms with van der Waals surface area (Å²) in [5, 5.41) is 4.84. The van der Waals surface area contributed by atoms with Crippen molar-refractivity contribution >= 4 is 34.6 Å². The monoisotopic (exact) mass is 419 g/mol. The zero-order valence-corrected chi connectivity index (χ0v) is 18.4. The number of likely N-dealkylation sites (tertiary alicyclic amines) is 1. The van der Waals surface area contributed by atoms with Gasteiger partial charge < -0.3 is 19.5 Å². The number of hydrogen-bond donors (Lipinski definition) is 1. The molecular weight excluding hydrogens is 390 g/mol. The summed E-state index contributed by atoms with van der Waals surface area (Å²) >= 11 is 11.9. The van der Waals surface area contributed by atoms with Gasteiger partial charge >= 0.3 is 0 Å². The van der Waals surface area contributed by atoms with E-state index in [0.717, 1.165) is 47.5 Å². The van der Waals surface area contributed by atoms with Crippen molar-refractivity contribution in [1.82, 2.24) is 9.80 Å². The van der Waals surface area contributed by atoms with Gasteiger partial charge in [-0.3, -0.25) is 0 Å². The fourth-order valence-corrected chi connectivity index (χ4v) is 3.93. The number of hydrogen-bond acceptors (Lipinski definition) is 3. The van der Waals surface area contributed by atoms with E-state index in [-0.39, 0.29) is 0 Å². The van der Waals surface area contributed by atoms with Crippen LogP contribution in [0.2, 0.25) is 5.02 Å². The third-order valence-corrected chi connectivity index (χ3v) is 6.19. The van der Waals surface area contributed by atoms with Gasteiger partial charge in [-0.05, 0) is 99.9 Å². The lowest BCUT2D eigenvalue weighted by molar-refractivity contribution is 0.185. The minimum absolute atomic E-state index is 0.669. The first-order chi connectivity index (χ1) is 13.5. The Hall–Kier alpha value is -1.56. The van der Waals surface area contributed by atoms with Gasteiger partial charge in [0.05, 0.1) is 12.8 Å². The fraction of sp³-hybridized carbons (Fsp3) is 0.500. The maximum atomic E-state index is 6.14. The van der Waals surface area contributed by atoms with Crippen molar-refractivity contribution in [2.24, 2.45) is 5.92 Å². The normalized spacial score (nSPS) is 15.5. The Kier molecular flexibility index (Phi) is 7.77. The maximum absolute atomic E-state index is 6.14. The molecule has 1 aromatic heterocycles. The molecule has 1 fully saturated rings. The number of nitrogens with zero attached hydrogens (tertiary/aromatic N) is 2. The largest absolute Gasteiger partial charge is 0.467 e. The van der Waals surface area contributed by atoms with Gasteiger partial charge in [-0.1, -0.05) is 18.5 Å². The predicted molar refractivity (Wildman–Crippen MR) is 121 cm³/mol. The molecule has 2 heterocycles. The van der Waals surface area contributed by atoms with Crippen LogP contribution < -0.4 is 5.32 Å². The van der Waals surface area contributed by atoms with Crippen molar-refractivity contribution in [3.8, 4) is 0 Å². The molecule has 2 aromatic rings. The molecule has 0 saturated carbocycles. The van der Waals surface area contributed by atoms with Crippen LogP contribution in [0.15, 0.2) is 41.0 Å². The number of halogens is 1. The van der Waals surface area contributed by atoms with E-state index in [1.165, 1.54) is 25.9 Å². The van der Waals surface area contributed by atoms with Gasteiger partial charge in [0.15, 0.2) is 5.11 Å². The van der Waals surface area contributed by atoms with Gasteiger partial charge in [-0.15, -0.1) is 0 Å². The van der Waals surface area contributed by atoms with Crippen LogP contribution in [-0.4, -0.2) is 41.1 Å². The third-order valence-electron chi connectivity index (χ3n) is 5.40. The van der Waals surface area contributed by atoms with Crippen LogP contribution >= 0.6 is 23.8 Å². The van der Waals surface area contributed by atoms with Gasteiger partial charge in [0, 0.05) is 17.3 Å².